The molecule has 0 fully saturated rings. The van der Waals surface area contributed by atoms with E-state index in [0.717, 1.165) is 11.4 Å². The molecule has 0 saturated heterocycles. The van der Waals surface area contributed by atoms with Crippen molar-refractivity contribution < 1.29 is 46.6 Å². The van der Waals surface area contributed by atoms with Crippen LogP contribution < -0.4 is 9.13 Å². The van der Waals surface area contributed by atoms with Crippen LogP contribution in [0.25, 0.3) is 0 Å². The molecule has 4 unspecified atom stereocenters. The van der Waals surface area contributed by atoms with Crippen LogP contribution in [0, 0.1) is 30.6 Å². The van der Waals surface area contributed by atoms with Gasteiger partial charge in [0.1, 0.15) is 24.8 Å². The van der Waals surface area contributed by atoms with Gasteiger partial charge in [-0.1, -0.05) is 0 Å². The maximum atomic E-state index is 10.2. The molecule has 2 N–H and O–H groups in total. The van der Waals surface area contributed by atoms with Gasteiger partial charge in [-0.15, -0.1) is 0 Å². The van der Waals surface area contributed by atoms with Gasteiger partial charge in [0, 0.05) is 17.1 Å². The van der Waals surface area contributed by atoms with E-state index in [1.165, 1.54) is 0 Å². The van der Waals surface area contributed by atoms with E-state index in [2.05, 4.69) is 9.98 Å². The first-order chi connectivity index (χ1) is 16.7. The van der Waals surface area contributed by atoms with Gasteiger partial charge < -0.3 is 40.9 Å². The topological polar surface area (TPSA) is 215 Å². The van der Waals surface area contributed by atoms with Crippen molar-refractivity contribution >= 4 is 11.4 Å². The van der Waals surface area contributed by atoms with E-state index in [0.29, 0.717) is 13.1 Å². The second kappa shape index (κ2) is 17.9. The number of aliphatic imine (C=N–C) groups is 2. The van der Waals surface area contributed by atoms with Crippen molar-refractivity contribution in [2.45, 2.75) is 52.0 Å². The number of hydrogen-bond acceptors (Lipinski definition) is 10. The van der Waals surface area contributed by atoms with E-state index in [9.17, 15) is 10.2 Å². The molecule has 209 valence electrons. The number of hydrogen-bond donors (Lipinski definition) is 2. The summed E-state index contributed by atoms with van der Waals surface area (Å²) in [5, 5.41) is 49.9. The molecule has 0 aliphatic heterocycles. The Morgan fingerprint density at radius 3 is 1.27 bits per heavy atom. The molecule has 1 radical (unpaired) electrons. The Bertz CT molecular complexity index is 933. The molecule has 16 nitrogen and oxygen atoms in total. The number of aliphatic hydroxyl groups excluding tert-OH is 2. The first-order valence-corrected chi connectivity index (χ1v) is 10.7. The Hall–Kier alpha value is -3.40. The Labute approximate surface area is 224 Å². The van der Waals surface area contributed by atoms with Gasteiger partial charge in [-0.3, -0.25) is 9.98 Å². The third-order valence-corrected chi connectivity index (χ3v) is 4.81. The van der Waals surface area contributed by atoms with E-state index in [1.807, 2.05) is 83.7 Å². The van der Waals surface area contributed by atoms with Crippen LogP contribution in [-0.4, -0.2) is 66.2 Å². The van der Waals surface area contributed by atoms with Crippen LogP contribution in [0.4, 0.5) is 0 Å². The van der Waals surface area contributed by atoms with Gasteiger partial charge in [0.15, 0.2) is 12.1 Å². The molecule has 2 heterocycles. The van der Waals surface area contributed by atoms with Crippen molar-refractivity contribution in [1.82, 2.24) is 9.13 Å². The summed E-state index contributed by atoms with van der Waals surface area (Å²) in [4.78, 5) is 25.8. The van der Waals surface area contributed by atoms with E-state index in [4.69, 9.17) is 30.6 Å². The number of aromatic nitrogens is 4. The maximum absolute atomic E-state index is 10.2. The van der Waals surface area contributed by atoms with Crippen LogP contribution in [-0.2, 0) is 31.2 Å². The monoisotopic (exact) mass is 569 g/mol. The Balaban J connectivity index is 0. The summed E-state index contributed by atoms with van der Waals surface area (Å²) in [5.74, 6) is 0. The molecular weight excluding hydrogens is 535 g/mol. The predicted molar refractivity (Wildman–Crippen MR) is 129 cm³/mol. The van der Waals surface area contributed by atoms with E-state index >= 15 is 0 Å². The number of imidazole rings is 2. The van der Waals surface area contributed by atoms with Gasteiger partial charge in [0.25, 0.3) is 0 Å². The van der Waals surface area contributed by atoms with Crippen LogP contribution in [0.1, 0.15) is 39.8 Å². The standard InChI is InChI=1S/C20H34N6O2.Mn.2NO3/c1-15(19(17(3)27)25-11-9-23(5)13-25)21-7-8-22-16(2)20(18(4)28)26-12-10-24(6)14-26;;2*2-1(3)4/h9-14,17-20,27-28H,7-8H2,1-6H3;;;/q+2;;2*-1. The van der Waals surface area contributed by atoms with Gasteiger partial charge >= 0.3 is 0 Å². The van der Waals surface area contributed by atoms with Crippen LogP contribution >= 0.6 is 0 Å². The molecule has 2 aromatic heterocycles. The largest absolute Gasteiger partial charge is 0.389 e. The summed E-state index contributed by atoms with van der Waals surface area (Å²) >= 11 is 0. The minimum atomic E-state index is -1.75. The average molecular weight is 569 g/mol. The Morgan fingerprint density at radius 1 is 0.811 bits per heavy atom. The zero-order chi connectivity index (χ0) is 28.0. The van der Waals surface area contributed by atoms with Crippen molar-refractivity contribution in [2.24, 2.45) is 24.1 Å². The second-order valence-electron chi connectivity index (χ2n) is 7.92. The molecule has 2 aromatic rings. The van der Waals surface area contributed by atoms with Gasteiger partial charge in [0.05, 0.1) is 61.0 Å². The summed E-state index contributed by atoms with van der Waals surface area (Å²) in [6, 6.07) is -0.396. The predicted octanol–water partition coefficient (Wildman–Crippen LogP) is -0.0763. The molecule has 17 heteroatoms. The summed E-state index contributed by atoms with van der Waals surface area (Å²) in [6.07, 6.45) is 10.5. The smallest absolute Gasteiger partial charge is 0.244 e. The molecule has 37 heavy (non-hydrogen) atoms. The van der Waals surface area contributed by atoms with Crippen LogP contribution in [0.2, 0.25) is 0 Å². The van der Waals surface area contributed by atoms with Gasteiger partial charge in [-0.2, -0.15) is 0 Å². The summed E-state index contributed by atoms with van der Waals surface area (Å²) in [7, 11) is 3.89. The quantitative estimate of drug-likeness (QED) is 0.104. The van der Waals surface area contributed by atoms with Gasteiger partial charge in [-0.25, -0.2) is 18.3 Å². The summed E-state index contributed by atoms with van der Waals surface area (Å²) < 4.78 is 7.81. The zero-order valence-corrected chi connectivity index (χ0v) is 22.7. The third kappa shape index (κ3) is 14.7. The SMILES string of the molecule is CC(=NCCN=C(C)C(C(C)O)n1cc[n+](C)c1)C(C(C)O)n1cc[n+](C)c1.O=[N+]([O-])[O-].O=[N+]([O-])[O-].[Mn]. The fourth-order valence-corrected chi connectivity index (χ4v) is 3.54. The minimum Gasteiger partial charge on any atom is -0.389 e. The van der Waals surface area contributed by atoms with Crippen molar-refractivity contribution in [1.29, 1.82) is 0 Å². The molecule has 0 bridgehead atoms. The number of nitrogens with zero attached hydrogens (tertiary/aromatic N) is 8. The minimum absolute atomic E-state index is 0. The Kier molecular flexibility index (Phi) is 17.3. The molecule has 2 rings (SSSR count). The molecule has 0 amide bonds. The average Bonchev–Trinajstić information content (AvgIpc) is 3.32. The molecule has 0 aromatic carbocycles. The van der Waals surface area contributed by atoms with Gasteiger partial charge in [0.2, 0.25) is 12.7 Å². The fourth-order valence-electron chi connectivity index (χ4n) is 3.54. The van der Waals surface area contributed by atoms with E-state index in [1.54, 1.807) is 13.8 Å². The number of rotatable bonds is 9. The second-order valence-corrected chi connectivity index (χ2v) is 7.92. The van der Waals surface area contributed by atoms with Crippen LogP contribution in [0.5, 0.6) is 0 Å². The summed E-state index contributed by atoms with van der Waals surface area (Å²) in [5.41, 5.74) is 1.73. The van der Waals surface area contributed by atoms with Crippen molar-refractivity contribution in [3.63, 3.8) is 0 Å². The van der Waals surface area contributed by atoms with E-state index in [-0.39, 0.29) is 29.2 Å². The maximum Gasteiger partial charge on any atom is 0.244 e. The molecule has 0 aliphatic carbocycles. The number of aliphatic hydroxyl groups is 2. The summed E-state index contributed by atoms with van der Waals surface area (Å²) in [6.45, 7) is 8.49. The number of aryl methyl sites for hydroxylation is 2. The van der Waals surface area contributed by atoms with Crippen molar-refractivity contribution in [3.8, 4) is 0 Å². The fraction of sp³-hybridized carbons (Fsp3) is 0.600. The third-order valence-electron chi connectivity index (χ3n) is 4.81. The molecule has 4 atom stereocenters. The molecule has 0 aliphatic rings. The molecule has 0 saturated carbocycles. The van der Waals surface area contributed by atoms with E-state index < -0.39 is 22.4 Å². The first-order valence-electron chi connectivity index (χ1n) is 10.7. The molecular formula is C20H34MnN8O8. The molecule has 0 spiro atoms. The van der Waals surface area contributed by atoms with Crippen LogP contribution in [0.15, 0.2) is 47.4 Å². The van der Waals surface area contributed by atoms with Crippen molar-refractivity contribution in [2.75, 3.05) is 13.1 Å². The Morgan fingerprint density at radius 2 is 1.08 bits per heavy atom. The van der Waals surface area contributed by atoms with Crippen molar-refractivity contribution in [3.05, 3.63) is 68.1 Å². The van der Waals surface area contributed by atoms with Gasteiger partial charge in [-0.05, 0) is 27.7 Å². The zero-order valence-electron chi connectivity index (χ0n) is 21.5. The van der Waals surface area contributed by atoms with Crippen LogP contribution in [0.3, 0.4) is 0 Å². The normalized spacial score (nSPS) is 14.5. The first kappa shape index (κ1) is 35.8.